The molecule has 0 saturated carbocycles. The highest BCUT2D eigenvalue weighted by atomic mass is 32.1. The zero-order valence-corrected chi connectivity index (χ0v) is 20.3. The summed E-state index contributed by atoms with van der Waals surface area (Å²) in [6, 6.07) is 13.0. The largest absolute Gasteiger partial charge is 0.462 e. The second kappa shape index (κ2) is 10.0. The van der Waals surface area contributed by atoms with Gasteiger partial charge in [-0.1, -0.05) is 18.2 Å². The fraction of sp³-hybridized carbons (Fsp3) is 0.192. The SMILES string of the molecule is CCOC(=O)c1ccc(N2C(=O)/C(=C\c3csc(N(CC)C(C)=O)n3)c3ccccc3C2=O)cc1. The van der Waals surface area contributed by atoms with Crippen molar-refractivity contribution in [2.24, 2.45) is 0 Å². The number of carbonyl (C=O) groups excluding carboxylic acids is 4. The van der Waals surface area contributed by atoms with Gasteiger partial charge < -0.3 is 4.74 Å². The summed E-state index contributed by atoms with van der Waals surface area (Å²) in [5.41, 5.74) is 2.36. The maximum Gasteiger partial charge on any atom is 0.338 e. The first-order valence-corrected chi connectivity index (χ1v) is 11.9. The number of hydrogen-bond acceptors (Lipinski definition) is 7. The molecular formula is C26H23N3O5S. The normalized spacial score (nSPS) is 14.1. The Kier molecular flexibility index (Phi) is 6.88. The van der Waals surface area contributed by atoms with Crippen molar-refractivity contribution in [1.29, 1.82) is 0 Å². The van der Waals surface area contributed by atoms with Crippen LogP contribution in [0.5, 0.6) is 0 Å². The monoisotopic (exact) mass is 489 g/mol. The molecule has 178 valence electrons. The molecule has 0 spiro atoms. The number of hydrogen-bond donors (Lipinski definition) is 0. The highest BCUT2D eigenvalue weighted by Gasteiger charge is 2.36. The Labute approximate surface area is 206 Å². The number of rotatable bonds is 6. The molecule has 35 heavy (non-hydrogen) atoms. The molecule has 1 aliphatic rings. The number of esters is 1. The van der Waals surface area contributed by atoms with Gasteiger partial charge in [0.1, 0.15) is 0 Å². The number of carbonyl (C=O) groups is 4. The summed E-state index contributed by atoms with van der Waals surface area (Å²) in [7, 11) is 0. The Morgan fingerprint density at radius 3 is 2.34 bits per heavy atom. The van der Waals surface area contributed by atoms with Crippen molar-refractivity contribution in [3.8, 4) is 0 Å². The number of benzene rings is 2. The van der Waals surface area contributed by atoms with Crippen molar-refractivity contribution in [2.75, 3.05) is 23.0 Å². The van der Waals surface area contributed by atoms with Crippen LogP contribution in [0, 0.1) is 0 Å². The van der Waals surface area contributed by atoms with E-state index < -0.39 is 17.8 Å². The summed E-state index contributed by atoms with van der Waals surface area (Å²) < 4.78 is 5.00. The predicted molar refractivity (Wildman–Crippen MR) is 134 cm³/mol. The molecule has 0 unspecified atom stereocenters. The Morgan fingerprint density at radius 2 is 1.71 bits per heavy atom. The highest BCUT2D eigenvalue weighted by Crippen LogP contribution is 2.34. The van der Waals surface area contributed by atoms with E-state index in [0.717, 1.165) is 4.90 Å². The van der Waals surface area contributed by atoms with Gasteiger partial charge in [-0.3, -0.25) is 19.3 Å². The Bertz CT molecular complexity index is 1340. The minimum Gasteiger partial charge on any atom is -0.462 e. The Balaban J connectivity index is 1.75. The van der Waals surface area contributed by atoms with Gasteiger partial charge in [0.05, 0.1) is 29.1 Å². The van der Waals surface area contributed by atoms with Crippen molar-refractivity contribution in [3.05, 3.63) is 76.3 Å². The van der Waals surface area contributed by atoms with Gasteiger partial charge in [0.2, 0.25) is 5.91 Å². The summed E-state index contributed by atoms with van der Waals surface area (Å²) in [5, 5.41) is 2.30. The van der Waals surface area contributed by atoms with Crippen molar-refractivity contribution < 1.29 is 23.9 Å². The van der Waals surface area contributed by atoms with Crippen LogP contribution in [0.25, 0.3) is 11.6 Å². The topological polar surface area (TPSA) is 96.9 Å². The molecule has 4 rings (SSSR count). The van der Waals surface area contributed by atoms with Gasteiger partial charge in [-0.25, -0.2) is 14.7 Å². The van der Waals surface area contributed by atoms with Gasteiger partial charge >= 0.3 is 5.97 Å². The minimum absolute atomic E-state index is 0.122. The first-order chi connectivity index (χ1) is 16.8. The lowest BCUT2D eigenvalue weighted by atomic mass is 9.92. The molecule has 2 heterocycles. The number of aromatic nitrogens is 1. The van der Waals surface area contributed by atoms with Crippen LogP contribution in [0.1, 0.15) is 52.7 Å². The number of fused-ring (bicyclic) bond motifs is 1. The second-order valence-corrected chi connectivity index (χ2v) is 8.47. The van der Waals surface area contributed by atoms with Crippen LogP contribution in [0.4, 0.5) is 10.8 Å². The molecule has 0 bridgehead atoms. The molecule has 0 fully saturated rings. The van der Waals surface area contributed by atoms with E-state index in [4.69, 9.17) is 4.74 Å². The van der Waals surface area contributed by atoms with Gasteiger partial charge in [0, 0.05) is 30.0 Å². The quantitative estimate of drug-likeness (QED) is 0.289. The first-order valence-electron chi connectivity index (χ1n) is 11.1. The molecule has 3 amide bonds. The van der Waals surface area contributed by atoms with Gasteiger partial charge in [-0.05, 0) is 50.3 Å². The molecule has 9 heteroatoms. The number of amides is 3. The average molecular weight is 490 g/mol. The molecule has 2 aromatic carbocycles. The second-order valence-electron chi connectivity index (χ2n) is 7.63. The van der Waals surface area contributed by atoms with Gasteiger partial charge in [-0.2, -0.15) is 0 Å². The molecule has 1 aliphatic heterocycles. The van der Waals surface area contributed by atoms with Gasteiger partial charge in [0.25, 0.3) is 11.8 Å². The average Bonchev–Trinajstić information content (AvgIpc) is 3.30. The Hall–Kier alpha value is -4.11. The third-order valence-electron chi connectivity index (χ3n) is 5.45. The molecule has 0 radical (unpaired) electrons. The number of imide groups is 1. The molecule has 0 atom stereocenters. The van der Waals surface area contributed by atoms with E-state index in [0.29, 0.717) is 45.3 Å². The van der Waals surface area contributed by atoms with Crippen LogP contribution in [0.15, 0.2) is 53.9 Å². The van der Waals surface area contributed by atoms with E-state index in [1.165, 1.54) is 30.4 Å². The smallest absolute Gasteiger partial charge is 0.338 e. The van der Waals surface area contributed by atoms with E-state index in [9.17, 15) is 19.2 Å². The molecular weight excluding hydrogens is 466 g/mol. The van der Waals surface area contributed by atoms with Crippen LogP contribution >= 0.6 is 11.3 Å². The molecule has 8 nitrogen and oxygen atoms in total. The summed E-state index contributed by atoms with van der Waals surface area (Å²) in [6.45, 7) is 5.77. The summed E-state index contributed by atoms with van der Waals surface area (Å²) in [6.07, 6.45) is 1.63. The summed E-state index contributed by atoms with van der Waals surface area (Å²) in [5.74, 6) is -1.57. The lowest BCUT2D eigenvalue weighted by Crippen LogP contribution is -2.41. The van der Waals surface area contributed by atoms with Crippen LogP contribution in [0.2, 0.25) is 0 Å². The standard InChI is InChI=1S/C26H23N3O5S/c1-4-28(16(3)30)26-27-18(15-35-26)14-22-20-8-6-7-9-21(20)23(31)29(24(22)32)19-12-10-17(11-13-19)25(33)34-5-2/h6-15H,4-5H2,1-3H3/b22-14-. The van der Waals surface area contributed by atoms with Crippen LogP contribution < -0.4 is 9.80 Å². The number of thiazole rings is 1. The fourth-order valence-corrected chi connectivity index (χ4v) is 4.68. The molecule has 0 saturated heterocycles. The predicted octanol–water partition coefficient (Wildman–Crippen LogP) is 4.42. The van der Waals surface area contributed by atoms with Gasteiger partial charge in [0.15, 0.2) is 5.13 Å². The third kappa shape index (κ3) is 4.63. The van der Waals surface area contributed by atoms with Crippen molar-refractivity contribution in [3.63, 3.8) is 0 Å². The van der Waals surface area contributed by atoms with Crippen LogP contribution in [-0.4, -0.2) is 41.8 Å². The molecule has 1 aromatic heterocycles. The number of ether oxygens (including phenoxy) is 1. The van der Waals surface area contributed by atoms with E-state index in [1.807, 2.05) is 6.92 Å². The van der Waals surface area contributed by atoms with E-state index in [2.05, 4.69) is 4.98 Å². The minimum atomic E-state index is -0.508. The summed E-state index contributed by atoms with van der Waals surface area (Å²) in [4.78, 5) is 57.9. The van der Waals surface area contributed by atoms with E-state index in [-0.39, 0.29) is 12.5 Å². The summed E-state index contributed by atoms with van der Waals surface area (Å²) >= 11 is 1.30. The van der Waals surface area contributed by atoms with E-state index >= 15 is 0 Å². The lowest BCUT2D eigenvalue weighted by molar-refractivity contribution is -0.116. The maximum absolute atomic E-state index is 13.6. The van der Waals surface area contributed by atoms with Crippen molar-refractivity contribution >= 4 is 57.5 Å². The van der Waals surface area contributed by atoms with E-state index in [1.54, 1.807) is 59.7 Å². The zero-order valence-electron chi connectivity index (χ0n) is 19.5. The molecule has 0 N–H and O–H groups in total. The van der Waals surface area contributed by atoms with Gasteiger partial charge in [-0.15, -0.1) is 11.3 Å². The third-order valence-corrected chi connectivity index (χ3v) is 6.33. The zero-order chi connectivity index (χ0) is 25.1. The number of nitrogens with zero attached hydrogens (tertiary/aromatic N) is 3. The lowest BCUT2D eigenvalue weighted by Gasteiger charge is -2.28. The van der Waals surface area contributed by atoms with Crippen molar-refractivity contribution in [1.82, 2.24) is 4.98 Å². The highest BCUT2D eigenvalue weighted by molar-refractivity contribution is 7.14. The fourth-order valence-electron chi connectivity index (χ4n) is 3.79. The molecule has 3 aromatic rings. The van der Waals surface area contributed by atoms with Crippen LogP contribution in [0.3, 0.4) is 0 Å². The Morgan fingerprint density at radius 1 is 1.03 bits per heavy atom. The van der Waals surface area contributed by atoms with Crippen molar-refractivity contribution in [2.45, 2.75) is 20.8 Å². The number of anilines is 2. The van der Waals surface area contributed by atoms with Crippen LogP contribution in [-0.2, 0) is 14.3 Å². The maximum atomic E-state index is 13.6. The first kappa shape index (κ1) is 24.0. The molecule has 0 aliphatic carbocycles.